The molecule has 0 spiro atoms. The minimum absolute atomic E-state index is 0.0590. The van der Waals surface area contributed by atoms with Crippen LogP contribution in [0.4, 0.5) is 0 Å². The van der Waals surface area contributed by atoms with E-state index in [1.54, 1.807) is 6.07 Å². The fraction of sp³-hybridized carbons (Fsp3) is 0.500. The molecular formula is C12H15Cl2N3O2. The van der Waals surface area contributed by atoms with Crippen molar-refractivity contribution < 1.29 is 9.53 Å². The minimum Gasteiger partial charge on any atom is -0.475 e. The van der Waals surface area contributed by atoms with Crippen LogP contribution in [0.15, 0.2) is 12.3 Å². The number of rotatable bonds is 5. The molecule has 19 heavy (non-hydrogen) atoms. The molecule has 0 aliphatic carbocycles. The largest absolute Gasteiger partial charge is 0.475 e. The van der Waals surface area contributed by atoms with Gasteiger partial charge in [0, 0.05) is 12.7 Å². The van der Waals surface area contributed by atoms with Crippen molar-refractivity contribution in [2.75, 3.05) is 26.2 Å². The lowest BCUT2D eigenvalue weighted by Crippen LogP contribution is -2.34. The van der Waals surface area contributed by atoms with Gasteiger partial charge >= 0.3 is 0 Å². The number of carbonyl (C=O) groups excluding carboxylic acids is 1. The van der Waals surface area contributed by atoms with Crippen LogP contribution >= 0.6 is 23.2 Å². The van der Waals surface area contributed by atoms with Gasteiger partial charge < -0.3 is 15.4 Å². The summed E-state index contributed by atoms with van der Waals surface area (Å²) >= 11 is 11.6. The lowest BCUT2D eigenvalue weighted by atomic mass is 10.1. The zero-order valence-electron chi connectivity index (χ0n) is 10.3. The maximum Gasteiger partial charge on any atom is 0.232 e. The highest BCUT2D eigenvalue weighted by Crippen LogP contribution is 2.24. The monoisotopic (exact) mass is 303 g/mol. The summed E-state index contributed by atoms with van der Waals surface area (Å²) < 4.78 is 5.37. The summed E-state index contributed by atoms with van der Waals surface area (Å²) in [5.41, 5.74) is 0. The van der Waals surface area contributed by atoms with E-state index in [4.69, 9.17) is 27.9 Å². The fourth-order valence-corrected chi connectivity index (χ4v) is 2.29. The number of halogens is 2. The molecule has 7 heteroatoms. The van der Waals surface area contributed by atoms with Crippen molar-refractivity contribution in [1.29, 1.82) is 0 Å². The molecule has 1 aliphatic heterocycles. The number of amides is 1. The summed E-state index contributed by atoms with van der Waals surface area (Å²) in [6, 6.07) is 1.56. The molecule has 1 unspecified atom stereocenters. The Hall–Kier alpha value is -1.04. The molecule has 2 rings (SSSR count). The smallest absolute Gasteiger partial charge is 0.232 e. The van der Waals surface area contributed by atoms with Crippen molar-refractivity contribution in [2.45, 2.75) is 6.42 Å². The summed E-state index contributed by atoms with van der Waals surface area (Å²) in [4.78, 5) is 15.7. The van der Waals surface area contributed by atoms with Crippen molar-refractivity contribution in [3.05, 3.63) is 22.3 Å². The van der Waals surface area contributed by atoms with Gasteiger partial charge in [0.25, 0.3) is 0 Å². The molecule has 1 saturated heterocycles. The molecule has 0 saturated carbocycles. The predicted octanol–water partition coefficient (Wildman–Crippen LogP) is 1.49. The van der Waals surface area contributed by atoms with E-state index >= 15 is 0 Å². The van der Waals surface area contributed by atoms with E-state index in [1.165, 1.54) is 6.20 Å². The van der Waals surface area contributed by atoms with E-state index in [2.05, 4.69) is 15.6 Å². The Bertz CT molecular complexity index is 451. The zero-order chi connectivity index (χ0) is 13.7. The van der Waals surface area contributed by atoms with Crippen molar-refractivity contribution in [2.24, 2.45) is 5.92 Å². The lowest BCUT2D eigenvalue weighted by molar-refractivity contribution is -0.124. The molecule has 1 aromatic heterocycles. The molecule has 1 fully saturated rings. The van der Waals surface area contributed by atoms with Crippen molar-refractivity contribution in [3.8, 4) is 5.88 Å². The minimum atomic E-state index is 0.0590. The highest BCUT2D eigenvalue weighted by atomic mass is 35.5. The Morgan fingerprint density at radius 2 is 2.42 bits per heavy atom. The Labute approximate surface area is 121 Å². The second kappa shape index (κ2) is 6.93. The van der Waals surface area contributed by atoms with Crippen LogP contribution in [0.5, 0.6) is 5.88 Å². The molecule has 1 atom stereocenters. The topological polar surface area (TPSA) is 63.2 Å². The Morgan fingerprint density at radius 1 is 1.58 bits per heavy atom. The van der Waals surface area contributed by atoms with Crippen molar-refractivity contribution >= 4 is 29.1 Å². The Kier molecular flexibility index (Phi) is 5.24. The molecule has 0 radical (unpaired) electrons. The number of hydrogen-bond donors (Lipinski definition) is 2. The number of carbonyl (C=O) groups is 1. The van der Waals surface area contributed by atoms with Gasteiger partial charge in [-0.05, 0) is 19.0 Å². The average molecular weight is 304 g/mol. The zero-order valence-corrected chi connectivity index (χ0v) is 11.8. The fourth-order valence-electron chi connectivity index (χ4n) is 1.85. The molecule has 5 nitrogen and oxygen atoms in total. The Morgan fingerprint density at radius 3 is 3.11 bits per heavy atom. The van der Waals surface area contributed by atoms with E-state index in [0.717, 1.165) is 19.5 Å². The van der Waals surface area contributed by atoms with Gasteiger partial charge in [-0.15, -0.1) is 0 Å². The van der Waals surface area contributed by atoms with E-state index in [-0.39, 0.29) is 11.8 Å². The third-order valence-electron chi connectivity index (χ3n) is 2.85. The number of ether oxygens (including phenoxy) is 1. The first-order valence-corrected chi connectivity index (χ1v) is 6.84. The maximum absolute atomic E-state index is 11.7. The standard InChI is InChI=1S/C12H15Cl2N3O2/c13-9-5-10(14)12(17-7-9)19-4-3-16-11(18)8-1-2-15-6-8/h5,7-8,15H,1-4,6H2,(H,16,18). The average Bonchev–Trinajstić information content (AvgIpc) is 2.90. The molecule has 2 N–H and O–H groups in total. The molecule has 0 aromatic carbocycles. The number of hydrogen-bond acceptors (Lipinski definition) is 4. The van der Waals surface area contributed by atoms with E-state index in [1.807, 2.05) is 0 Å². The summed E-state index contributed by atoms with van der Waals surface area (Å²) in [5, 5.41) is 6.79. The summed E-state index contributed by atoms with van der Waals surface area (Å²) in [7, 11) is 0. The van der Waals surface area contributed by atoms with E-state index < -0.39 is 0 Å². The second-order valence-electron chi connectivity index (χ2n) is 4.27. The van der Waals surface area contributed by atoms with Gasteiger partial charge in [-0.25, -0.2) is 4.98 Å². The van der Waals surface area contributed by atoms with E-state index in [9.17, 15) is 4.79 Å². The lowest BCUT2D eigenvalue weighted by Gasteiger charge is -2.11. The molecule has 104 valence electrons. The molecule has 0 bridgehead atoms. The molecule has 1 aliphatic rings. The maximum atomic E-state index is 11.7. The molecule has 2 heterocycles. The van der Waals surface area contributed by atoms with Gasteiger partial charge in [0.2, 0.25) is 11.8 Å². The third-order valence-corrected chi connectivity index (χ3v) is 3.32. The molecule has 1 aromatic rings. The van der Waals surface area contributed by atoms with E-state index in [0.29, 0.717) is 29.1 Å². The predicted molar refractivity (Wildman–Crippen MR) is 73.7 cm³/mol. The first kappa shape index (κ1) is 14.4. The molecular weight excluding hydrogens is 289 g/mol. The SMILES string of the molecule is O=C(NCCOc1ncc(Cl)cc1Cl)C1CCNC1. The summed E-state index contributed by atoms with van der Waals surface area (Å²) in [5.74, 6) is 0.448. The third kappa shape index (κ3) is 4.23. The number of aromatic nitrogens is 1. The van der Waals surface area contributed by atoms with Crippen LogP contribution < -0.4 is 15.4 Å². The highest BCUT2D eigenvalue weighted by Gasteiger charge is 2.21. The van der Waals surface area contributed by atoms with Crippen LogP contribution in [-0.4, -0.2) is 37.1 Å². The summed E-state index contributed by atoms with van der Waals surface area (Å²) in [6.07, 6.45) is 2.35. The van der Waals surface area contributed by atoms with Crippen molar-refractivity contribution in [1.82, 2.24) is 15.6 Å². The van der Waals surface area contributed by atoms with Crippen LogP contribution in [0.25, 0.3) is 0 Å². The Balaban J connectivity index is 1.70. The van der Waals surface area contributed by atoms with Gasteiger partial charge in [-0.3, -0.25) is 4.79 Å². The normalized spacial score (nSPS) is 18.3. The number of pyridine rings is 1. The van der Waals surface area contributed by atoms with Gasteiger partial charge in [-0.2, -0.15) is 0 Å². The van der Waals surface area contributed by atoms with Crippen molar-refractivity contribution in [3.63, 3.8) is 0 Å². The molecule has 1 amide bonds. The summed E-state index contributed by atoms with van der Waals surface area (Å²) in [6.45, 7) is 2.40. The van der Waals surface area contributed by atoms with Crippen LogP contribution in [0.3, 0.4) is 0 Å². The second-order valence-corrected chi connectivity index (χ2v) is 5.11. The van der Waals surface area contributed by atoms with Gasteiger partial charge in [0.15, 0.2) is 0 Å². The first-order chi connectivity index (χ1) is 9.16. The van der Waals surface area contributed by atoms with Crippen LogP contribution in [0, 0.1) is 5.92 Å². The van der Waals surface area contributed by atoms with Crippen LogP contribution in [0.2, 0.25) is 10.0 Å². The van der Waals surface area contributed by atoms with Gasteiger partial charge in [0.1, 0.15) is 11.6 Å². The highest BCUT2D eigenvalue weighted by molar-refractivity contribution is 6.35. The van der Waals surface area contributed by atoms with Crippen LogP contribution in [-0.2, 0) is 4.79 Å². The quantitative estimate of drug-likeness (QED) is 0.809. The van der Waals surface area contributed by atoms with Gasteiger partial charge in [0.05, 0.1) is 17.5 Å². The number of nitrogens with one attached hydrogen (secondary N) is 2. The van der Waals surface area contributed by atoms with Crippen LogP contribution in [0.1, 0.15) is 6.42 Å². The first-order valence-electron chi connectivity index (χ1n) is 6.09. The number of nitrogens with zero attached hydrogens (tertiary/aromatic N) is 1. The van der Waals surface area contributed by atoms with Gasteiger partial charge in [-0.1, -0.05) is 23.2 Å².